The molecule has 0 spiro atoms. The van der Waals surface area contributed by atoms with E-state index in [1.165, 1.54) is 6.20 Å². The number of hydrogen-bond acceptors (Lipinski definition) is 1. The molecule has 0 aliphatic rings. The van der Waals surface area contributed by atoms with Crippen LogP contribution in [0.25, 0.3) is 10.9 Å². The van der Waals surface area contributed by atoms with Gasteiger partial charge in [-0.1, -0.05) is 18.2 Å². The molecule has 18 heavy (non-hydrogen) atoms. The summed E-state index contributed by atoms with van der Waals surface area (Å²) in [7, 11) is 0. The molecule has 2 rings (SSSR count). The quantitative estimate of drug-likeness (QED) is 0.876. The summed E-state index contributed by atoms with van der Waals surface area (Å²) in [5, 5.41) is 4.18. The number of fused-ring (bicyclic) bond motifs is 1. The van der Waals surface area contributed by atoms with Crippen LogP contribution in [0.5, 0.6) is 0 Å². The van der Waals surface area contributed by atoms with Gasteiger partial charge in [-0.2, -0.15) is 8.78 Å². The fraction of sp³-hybridized carbons (Fsp3) is 0.429. The fourth-order valence-corrected chi connectivity index (χ4v) is 1.96. The van der Waals surface area contributed by atoms with Gasteiger partial charge < -0.3 is 5.32 Å². The molecule has 0 amide bonds. The Labute approximate surface area is 106 Å². The van der Waals surface area contributed by atoms with E-state index in [9.17, 15) is 8.78 Å². The average molecular weight is 252 g/mol. The van der Waals surface area contributed by atoms with E-state index in [-0.39, 0.29) is 5.54 Å². The van der Waals surface area contributed by atoms with E-state index >= 15 is 0 Å². The maximum absolute atomic E-state index is 12.9. The van der Waals surface area contributed by atoms with Gasteiger partial charge in [-0.3, -0.25) is 4.57 Å². The third-order valence-electron chi connectivity index (χ3n) is 2.84. The highest BCUT2D eigenvalue weighted by molar-refractivity contribution is 5.83. The monoisotopic (exact) mass is 252 g/mol. The van der Waals surface area contributed by atoms with E-state index in [4.69, 9.17) is 0 Å². The molecule has 0 unspecified atom stereocenters. The molecule has 2 aromatic rings. The highest BCUT2D eigenvalue weighted by atomic mass is 19.3. The molecule has 0 radical (unpaired) electrons. The van der Waals surface area contributed by atoms with Crippen molar-refractivity contribution in [2.45, 2.75) is 39.4 Å². The molecule has 0 saturated carbocycles. The van der Waals surface area contributed by atoms with Crippen molar-refractivity contribution in [1.82, 2.24) is 9.88 Å². The number of rotatable bonds is 3. The third kappa shape index (κ3) is 2.70. The van der Waals surface area contributed by atoms with Crippen LogP contribution in [0.2, 0.25) is 0 Å². The van der Waals surface area contributed by atoms with Gasteiger partial charge in [-0.15, -0.1) is 0 Å². The molecule has 1 aromatic heterocycles. The zero-order chi connectivity index (χ0) is 13.3. The first kappa shape index (κ1) is 13.0. The Morgan fingerprint density at radius 3 is 2.56 bits per heavy atom. The smallest absolute Gasteiger partial charge is 0.308 e. The van der Waals surface area contributed by atoms with Crippen LogP contribution in [-0.4, -0.2) is 10.1 Å². The van der Waals surface area contributed by atoms with E-state index in [2.05, 4.69) is 26.1 Å². The van der Waals surface area contributed by atoms with Crippen LogP contribution in [0.3, 0.4) is 0 Å². The van der Waals surface area contributed by atoms with E-state index in [0.29, 0.717) is 12.1 Å². The maximum atomic E-state index is 12.9. The molecule has 0 atom stereocenters. The molecule has 0 saturated heterocycles. The summed E-state index contributed by atoms with van der Waals surface area (Å²) in [6.45, 7) is 4.24. The van der Waals surface area contributed by atoms with Crippen molar-refractivity contribution in [2.24, 2.45) is 0 Å². The van der Waals surface area contributed by atoms with Gasteiger partial charge in [0.05, 0.1) is 5.52 Å². The standard InChI is InChI=1S/C14H18F2N2/c1-14(2,3)17-9-11-6-4-5-10-7-8-18(12(10)11)13(15)16/h4-8,13,17H,9H2,1-3H3. The molecule has 1 N–H and O–H groups in total. The fourth-order valence-electron chi connectivity index (χ4n) is 1.96. The SMILES string of the molecule is CC(C)(C)NCc1cccc2ccn(C(F)F)c12. The Kier molecular flexibility index (Phi) is 3.39. The van der Waals surface area contributed by atoms with Gasteiger partial charge in [-0.05, 0) is 32.4 Å². The van der Waals surface area contributed by atoms with Crippen LogP contribution >= 0.6 is 0 Å². The maximum Gasteiger partial charge on any atom is 0.319 e. The van der Waals surface area contributed by atoms with Crippen molar-refractivity contribution in [2.75, 3.05) is 0 Å². The third-order valence-corrected chi connectivity index (χ3v) is 2.84. The van der Waals surface area contributed by atoms with Gasteiger partial charge in [0, 0.05) is 23.7 Å². The number of nitrogens with one attached hydrogen (secondary N) is 1. The van der Waals surface area contributed by atoms with Gasteiger partial charge in [0.15, 0.2) is 0 Å². The van der Waals surface area contributed by atoms with E-state index in [1.54, 1.807) is 6.07 Å². The lowest BCUT2D eigenvalue weighted by Gasteiger charge is -2.21. The number of benzene rings is 1. The van der Waals surface area contributed by atoms with Crippen LogP contribution in [0, 0.1) is 0 Å². The molecular weight excluding hydrogens is 234 g/mol. The predicted molar refractivity (Wildman–Crippen MR) is 69.8 cm³/mol. The summed E-state index contributed by atoms with van der Waals surface area (Å²) in [5.74, 6) is 0. The lowest BCUT2D eigenvalue weighted by molar-refractivity contribution is 0.0751. The highest BCUT2D eigenvalue weighted by Crippen LogP contribution is 2.25. The van der Waals surface area contributed by atoms with E-state index in [1.807, 2.05) is 18.2 Å². The van der Waals surface area contributed by atoms with Gasteiger partial charge in [0.2, 0.25) is 0 Å². The normalized spacial score (nSPS) is 12.6. The zero-order valence-electron chi connectivity index (χ0n) is 10.9. The van der Waals surface area contributed by atoms with Crippen LogP contribution in [0.1, 0.15) is 32.9 Å². The van der Waals surface area contributed by atoms with Gasteiger partial charge in [-0.25, -0.2) is 0 Å². The summed E-state index contributed by atoms with van der Waals surface area (Å²) in [4.78, 5) is 0. The summed E-state index contributed by atoms with van der Waals surface area (Å²) in [6, 6.07) is 7.37. The lowest BCUT2D eigenvalue weighted by atomic mass is 10.1. The van der Waals surface area contributed by atoms with Crippen molar-refractivity contribution in [3.63, 3.8) is 0 Å². The largest absolute Gasteiger partial charge is 0.319 e. The van der Waals surface area contributed by atoms with E-state index in [0.717, 1.165) is 15.5 Å². The van der Waals surface area contributed by atoms with Crippen molar-refractivity contribution in [1.29, 1.82) is 0 Å². The minimum atomic E-state index is -2.50. The van der Waals surface area contributed by atoms with Crippen LogP contribution in [0.15, 0.2) is 30.5 Å². The number of nitrogens with zero attached hydrogens (tertiary/aromatic N) is 1. The second-order valence-corrected chi connectivity index (χ2v) is 5.46. The van der Waals surface area contributed by atoms with Gasteiger partial charge >= 0.3 is 6.55 Å². The summed E-state index contributed by atoms with van der Waals surface area (Å²) < 4.78 is 26.9. The Hall–Kier alpha value is -1.42. The summed E-state index contributed by atoms with van der Waals surface area (Å²) >= 11 is 0. The average Bonchev–Trinajstić information content (AvgIpc) is 2.69. The first-order valence-corrected chi connectivity index (χ1v) is 6.00. The molecule has 0 fully saturated rings. The molecule has 0 aliphatic carbocycles. The van der Waals surface area contributed by atoms with E-state index < -0.39 is 6.55 Å². The molecule has 1 heterocycles. The highest BCUT2D eigenvalue weighted by Gasteiger charge is 2.14. The van der Waals surface area contributed by atoms with Crippen molar-refractivity contribution >= 4 is 10.9 Å². The number of alkyl halides is 2. The molecule has 2 nitrogen and oxygen atoms in total. The predicted octanol–water partition coefficient (Wildman–Crippen LogP) is 3.92. The Morgan fingerprint density at radius 1 is 1.22 bits per heavy atom. The zero-order valence-corrected chi connectivity index (χ0v) is 10.9. The van der Waals surface area contributed by atoms with Crippen LogP contribution < -0.4 is 5.32 Å². The second kappa shape index (κ2) is 4.69. The Bertz CT molecular complexity index is 538. The van der Waals surface area contributed by atoms with Gasteiger partial charge in [0.1, 0.15) is 0 Å². The number of aromatic nitrogens is 1. The first-order valence-electron chi connectivity index (χ1n) is 6.00. The minimum Gasteiger partial charge on any atom is -0.308 e. The van der Waals surface area contributed by atoms with Crippen LogP contribution in [0.4, 0.5) is 8.78 Å². The molecule has 0 aliphatic heterocycles. The van der Waals surface area contributed by atoms with Crippen molar-refractivity contribution < 1.29 is 8.78 Å². The second-order valence-electron chi connectivity index (χ2n) is 5.46. The lowest BCUT2D eigenvalue weighted by Crippen LogP contribution is -2.35. The number of para-hydroxylation sites is 1. The Morgan fingerprint density at radius 2 is 1.94 bits per heavy atom. The van der Waals surface area contributed by atoms with Crippen molar-refractivity contribution in [3.8, 4) is 0 Å². The topological polar surface area (TPSA) is 17.0 Å². The number of halogens is 2. The first-order chi connectivity index (χ1) is 8.38. The summed E-state index contributed by atoms with van der Waals surface area (Å²) in [5.41, 5.74) is 1.47. The van der Waals surface area contributed by atoms with Gasteiger partial charge in [0.25, 0.3) is 0 Å². The molecule has 0 bridgehead atoms. The minimum absolute atomic E-state index is 0.0373. The molecule has 1 aromatic carbocycles. The molecule has 98 valence electrons. The van der Waals surface area contributed by atoms with Crippen molar-refractivity contribution in [3.05, 3.63) is 36.0 Å². The summed E-state index contributed by atoms with van der Waals surface area (Å²) in [6.07, 6.45) is 1.44. The molecular formula is C14H18F2N2. The Balaban J connectivity index is 2.40. The number of hydrogen-bond donors (Lipinski definition) is 1. The van der Waals surface area contributed by atoms with Crippen LogP contribution in [-0.2, 0) is 6.54 Å². The molecule has 4 heteroatoms.